The maximum Gasteiger partial charge on any atom is 0.180 e. The van der Waals surface area contributed by atoms with Crippen molar-refractivity contribution >= 4 is 17.4 Å². The van der Waals surface area contributed by atoms with Crippen molar-refractivity contribution in [1.29, 1.82) is 0 Å². The molecule has 2 aromatic carbocycles. The fraction of sp³-hybridized carbons (Fsp3) is 0.188. The molecule has 0 spiro atoms. The second-order valence-electron chi connectivity index (χ2n) is 4.69. The van der Waals surface area contributed by atoms with Crippen LogP contribution in [0.15, 0.2) is 42.5 Å². The van der Waals surface area contributed by atoms with Gasteiger partial charge in [0.15, 0.2) is 5.78 Å². The number of carbonyl (C=O) groups excluding carboxylic acids is 1. The van der Waals surface area contributed by atoms with E-state index < -0.39 is 5.38 Å². The van der Waals surface area contributed by atoms with E-state index in [-0.39, 0.29) is 5.78 Å². The molecule has 0 radical (unpaired) electrons. The Labute approximate surface area is 111 Å². The summed E-state index contributed by atoms with van der Waals surface area (Å²) in [5.74, 6) is -0.0103. The summed E-state index contributed by atoms with van der Waals surface area (Å²) in [5.41, 5.74) is 5.73. The van der Waals surface area contributed by atoms with Crippen LogP contribution in [0.4, 0.5) is 0 Å². The first kappa shape index (κ1) is 11.5. The summed E-state index contributed by atoms with van der Waals surface area (Å²) < 4.78 is 0. The number of carbonyl (C=O) groups is 1. The molecule has 1 nitrogen and oxygen atoms in total. The molecular weight excluding hydrogens is 244 g/mol. The SMILES string of the molecule is CC(Cl)C(=O)c1ccc2c(c1)-c1ccccc1C2. The lowest BCUT2D eigenvalue weighted by molar-refractivity contribution is 0.0992. The van der Waals surface area contributed by atoms with Gasteiger partial charge >= 0.3 is 0 Å². The molecule has 2 aromatic rings. The van der Waals surface area contributed by atoms with Crippen LogP contribution in [0.3, 0.4) is 0 Å². The number of alkyl halides is 1. The van der Waals surface area contributed by atoms with Gasteiger partial charge in [-0.3, -0.25) is 4.79 Å². The van der Waals surface area contributed by atoms with Gasteiger partial charge in [-0.15, -0.1) is 11.6 Å². The lowest BCUT2D eigenvalue weighted by atomic mass is 10.00. The van der Waals surface area contributed by atoms with Crippen LogP contribution in [-0.4, -0.2) is 11.2 Å². The van der Waals surface area contributed by atoms with E-state index in [0.717, 1.165) is 6.42 Å². The molecule has 18 heavy (non-hydrogen) atoms. The van der Waals surface area contributed by atoms with E-state index in [1.165, 1.54) is 22.3 Å². The topological polar surface area (TPSA) is 17.1 Å². The molecule has 0 fully saturated rings. The van der Waals surface area contributed by atoms with Gasteiger partial charge in [0.05, 0.1) is 5.38 Å². The first-order chi connectivity index (χ1) is 8.66. The van der Waals surface area contributed by atoms with E-state index in [0.29, 0.717) is 5.56 Å². The fourth-order valence-corrected chi connectivity index (χ4v) is 2.63. The minimum Gasteiger partial charge on any atom is -0.293 e. The molecule has 1 aliphatic carbocycles. The second-order valence-corrected chi connectivity index (χ2v) is 5.34. The Morgan fingerprint density at radius 3 is 2.61 bits per heavy atom. The van der Waals surface area contributed by atoms with Crippen LogP contribution < -0.4 is 0 Å². The van der Waals surface area contributed by atoms with E-state index in [1.807, 2.05) is 24.3 Å². The van der Waals surface area contributed by atoms with Gasteiger partial charge in [0.2, 0.25) is 0 Å². The highest BCUT2D eigenvalue weighted by Gasteiger charge is 2.20. The molecule has 0 heterocycles. The number of hydrogen-bond acceptors (Lipinski definition) is 1. The van der Waals surface area contributed by atoms with Crippen LogP contribution in [0, 0.1) is 0 Å². The van der Waals surface area contributed by atoms with Crippen LogP contribution in [0.2, 0.25) is 0 Å². The van der Waals surface area contributed by atoms with Crippen LogP contribution in [0.1, 0.15) is 28.4 Å². The van der Waals surface area contributed by atoms with Gasteiger partial charge in [-0.2, -0.15) is 0 Å². The Bertz CT molecular complexity index is 629. The van der Waals surface area contributed by atoms with Crippen molar-refractivity contribution in [2.75, 3.05) is 0 Å². The number of fused-ring (bicyclic) bond motifs is 3. The largest absolute Gasteiger partial charge is 0.293 e. The van der Waals surface area contributed by atoms with Gasteiger partial charge in [0, 0.05) is 5.56 Å². The molecule has 1 atom stereocenters. The number of ketones is 1. The molecular formula is C16H13ClO. The Morgan fingerprint density at radius 2 is 1.83 bits per heavy atom. The normalized spacial score (nSPS) is 13.9. The van der Waals surface area contributed by atoms with Gasteiger partial charge < -0.3 is 0 Å². The Morgan fingerprint density at radius 1 is 1.11 bits per heavy atom. The summed E-state index contributed by atoms with van der Waals surface area (Å²) in [5, 5.41) is -0.473. The fourth-order valence-electron chi connectivity index (χ4n) is 2.51. The molecule has 1 aliphatic rings. The van der Waals surface area contributed by atoms with Crippen molar-refractivity contribution < 1.29 is 4.79 Å². The summed E-state index contributed by atoms with van der Waals surface area (Å²) in [4.78, 5) is 11.9. The zero-order valence-corrected chi connectivity index (χ0v) is 10.9. The maximum absolute atomic E-state index is 11.9. The van der Waals surface area contributed by atoms with Crippen molar-refractivity contribution in [1.82, 2.24) is 0 Å². The summed E-state index contributed by atoms with van der Waals surface area (Å²) in [6.45, 7) is 1.71. The zero-order valence-electron chi connectivity index (χ0n) is 10.1. The highest BCUT2D eigenvalue weighted by Crippen LogP contribution is 2.37. The maximum atomic E-state index is 11.9. The highest BCUT2D eigenvalue weighted by atomic mass is 35.5. The zero-order chi connectivity index (χ0) is 12.7. The molecule has 0 saturated heterocycles. The van der Waals surface area contributed by atoms with Crippen LogP contribution in [0.25, 0.3) is 11.1 Å². The molecule has 0 N–H and O–H groups in total. The highest BCUT2D eigenvalue weighted by molar-refractivity contribution is 6.33. The van der Waals surface area contributed by atoms with Crippen molar-refractivity contribution in [3.63, 3.8) is 0 Å². The molecule has 2 heteroatoms. The van der Waals surface area contributed by atoms with E-state index in [4.69, 9.17) is 11.6 Å². The lowest BCUT2D eigenvalue weighted by Crippen LogP contribution is -2.10. The summed E-state index contributed by atoms with van der Waals surface area (Å²) in [7, 11) is 0. The Balaban J connectivity index is 2.11. The average molecular weight is 257 g/mol. The summed E-state index contributed by atoms with van der Waals surface area (Å²) in [6, 6.07) is 14.2. The third-order valence-corrected chi connectivity index (χ3v) is 3.64. The van der Waals surface area contributed by atoms with Gasteiger partial charge in [0.25, 0.3) is 0 Å². The molecule has 1 unspecified atom stereocenters. The van der Waals surface area contributed by atoms with Crippen molar-refractivity contribution in [3.8, 4) is 11.1 Å². The minimum atomic E-state index is -0.473. The van der Waals surface area contributed by atoms with Gasteiger partial charge in [-0.05, 0) is 41.7 Å². The van der Waals surface area contributed by atoms with Crippen molar-refractivity contribution in [2.45, 2.75) is 18.7 Å². The molecule has 3 rings (SSSR count). The van der Waals surface area contributed by atoms with Crippen LogP contribution >= 0.6 is 11.6 Å². The van der Waals surface area contributed by atoms with Gasteiger partial charge in [0.1, 0.15) is 0 Å². The number of benzene rings is 2. The molecule has 0 saturated carbocycles. The van der Waals surface area contributed by atoms with Gasteiger partial charge in [-0.25, -0.2) is 0 Å². The summed E-state index contributed by atoms with van der Waals surface area (Å²) in [6.07, 6.45) is 0.955. The van der Waals surface area contributed by atoms with Crippen molar-refractivity contribution in [3.05, 3.63) is 59.2 Å². The second kappa shape index (κ2) is 4.25. The first-order valence-corrected chi connectivity index (χ1v) is 6.50. The third kappa shape index (κ3) is 1.75. The Kier molecular flexibility index (Phi) is 2.71. The third-order valence-electron chi connectivity index (χ3n) is 3.44. The molecule has 0 aliphatic heterocycles. The van der Waals surface area contributed by atoms with Gasteiger partial charge in [-0.1, -0.05) is 36.4 Å². The predicted molar refractivity (Wildman–Crippen MR) is 74.3 cm³/mol. The minimum absolute atomic E-state index is 0.0103. The lowest BCUT2D eigenvalue weighted by Gasteiger charge is -2.06. The van der Waals surface area contributed by atoms with E-state index in [1.54, 1.807) is 6.92 Å². The first-order valence-electron chi connectivity index (χ1n) is 6.06. The van der Waals surface area contributed by atoms with Crippen LogP contribution in [-0.2, 0) is 6.42 Å². The molecule has 0 amide bonds. The van der Waals surface area contributed by atoms with Crippen molar-refractivity contribution in [2.24, 2.45) is 0 Å². The predicted octanol–water partition coefficient (Wildman–Crippen LogP) is 4.07. The molecule has 0 bridgehead atoms. The average Bonchev–Trinajstić information content (AvgIpc) is 2.75. The number of Topliss-reactive ketones (excluding diaryl/α,β-unsaturated/α-hetero) is 1. The standard InChI is InChI=1S/C16H13ClO/c1-10(17)16(18)13-7-6-12-8-11-4-2-3-5-14(11)15(12)9-13/h2-7,9-10H,8H2,1H3. The van der Waals surface area contributed by atoms with E-state index in [2.05, 4.69) is 18.2 Å². The molecule has 0 aromatic heterocycles. The van der Waals surface area contributed by atoms with E-state index in [9.17, 15) is 4.79 Å². The number of halogens is 1. The quantitative estimate of drug-likeness (QED) is 0.499. The Hall–Kier alpha value is -1.60. The monoisotopic (exact) mass is 256 g/mol. The van der Waals surface area contributed by atoms with Crippen LogP contribution in [0.5, 0.6) is 0 Å². The number of hydrogen-bond donors (Lipinski definition) is 0. The number of rotatable bonds is 2. The smallest absolute Gasteiger partial charge is 0.180 e. The molecule has 90 valence electrons. The van der Waals surface area contributed by atoms with E-state index >= 15 is 0 Å². The summed E-state index contributed by atoms with van der Waals surface area (Å²) >= 11 is 5.86.